The van der Waals surface area contributed by atoms with Crippen LogP contribution in [0.3, 0.4) is 0 Å². The van der Waals surface area contributed by atoms with E-state index in [-0.39, 0.29) is 30.1 Å². The summed E-state index contributed by atoms with van der Waals surface area (Å²) in [7, 11) is 1.51. The van der Waals surface area contributed by atoms with E-state index in [1.54, 1.807) is 60.7 Å². The molecular formula is C25H19ClFNO4S. The van der Waals surface area contributed by atoms with Crippen molar-refractivity contribution in [1.82, 2.24) is 4.90 Å². The first-order valence-corrected chi connectivity index (χ1v) is 11.2. The van der Waals surface area contributed by atoms with E-state index in [0.717, 1.165) is 17.3 Å². The predicted molar refractivity (Wildman–Crippen MR) is 127 cm³/mol. The molecule has 168 valence electrons. The van der Waals surface area contributed by atoms with Gasteiger partial charge in [-0.25, -0.2) is 4.39 Å². The summed E-state index contributed by atoms with van der Waals surface area (Å²) < 4.78 is 24.5. The molecule has 0 saturated carbocycles. The van der Waals surface area contributed by atoms with Crippen LogP contribution in [0.4, 0.5) is 9.18 Å². The van der Waals surface area contributed by atoms with Crippen molar-refractivity contribution < 1.29 is 23.5 Å². The predicted octanol–water partition coefficient (Wildman–Crippen LogP) is 6.30. The third-order valence-corrected chi connectivity index (χ3v) is 6.06. The summed E-state index contributed by atoms with van der Waals surface area (Å²) in [5, 5.41) is 0.258. The summed E-state index contributed by atoms with van der Waals surface area (Å²) in [5.41, 5.74) is 2.18. The van der Waals surface area contributed by atoms with Gasteiger partial charge in [0.05, 0.1) is 18.6 Å². The van der Waals surface area contributed by atoms with Crippen LogP contribution in [0.5, 0.6) is 11.5 Å². The van der Waals surface area contributed by atoms with Crippen molar-refractivity contribution in [1.29, 1.82) is 0 Å². The third-order valence-electron chi connectivity index (χ3n) is 4.90. The van der Waals surface area contributed by atoms with Gasteiger partial charge in [-0.1, -0.05) is 41.9 Å². The van der Waals surface area contributed by atoms with Crippen LogP contribution in [-0.2, 0) is 17.9 Å². The normalized spacial score (nSPS) is 14.8. The summed E-state index contributed by atoms with van der Waals surface area (Å²) in [6, 6.07) is 18.3. The van der Waals surface area contributed by atoms with Gasteiger partial charge in [0.25, 0.3) is 11.1 Å². The average molecular weight is 484 g/mol. The highest BCUT2D eigenvalue weighted by molar-refractivity contribution is 8.18. The van der Waals surface area contributed by atoms with Gasteiger partial charge in [0, 0.05) is 5.02 Å². The fraction of sp³-hybridized carbons (Fsp3) is 0.120. The maximum atomic E-state index is 13.4. The Morgan fingerprint density at radius 1 is 1.00 bits per heavy atom. The fourth-order valence-electron chi connectivity index (χ4n) is 3.24. The number of ether oxygens (including phenoxy) is 2. The molecule has 33 heavy (non-hydrogen) atoms. The summed E-state index contributed by atoms with van der Waals surface area (Å²) >= 11 is 6.79. The number of carbonyl (C=O) groups is 2. The zero-order chi connectivity index (χ0) is 23.4. The first-order chi connectivity index (χ1) is 15.9. The molecule has 1 fully saturated rings. The van der Waals surface area contributed by atoms with Crippen LogP contribution < -0.4 is 9.47 Å². The molecule has 3 aromatic rings. The lowest BCUT2D eigenvalue weighted by Gasteiger charge is -2.12. The molecule has 1 aliphatic heterocycles. The molecule has 0 unspecified atom stereocenters. The number of methoxy groups -OCH3 is 1. The Labute approximate surface area is 199 Å². The van der Waals surface area contributed by atoms with Crippen LogP contribution >= 0.6 is 23.4 Å². The second-order valence-electron chi connectivity index (χ2n) is 7.22. The zero-order valence-corrected chi connectivity index (χ0v) is 19.2. The number of halogens is 2. The van der Waals surface area contributed by atoms with Gasteiger partial charge in [-0.2, -0.15) is 0 Å². The van der Waals surface area contributed by atoms with Gasteiger partial charge >= 0.3 is 0 Å². The highest BCUT2D eigenvalue weighted by atomic mass is 35.5. The number of benzene rings is 3. The number of carbonyl (C=O) groups excluding carboxylic acids is 2. The maximum Gasteiger partial charge on any atom is 0.293 e. The zero-order valence-electron chi connectivity index (χ0n) is 17.6. The molecule has 0 N–H and O–H groups in total. The van der Waals surface area contributed by atoms with Crippen molar-refractivity contribution in [2.45, 2.75) is 13.2 Å². The molecule has 0 radical (unpaired) electrons. The molecule has 8 heteroatoms. The molecule has 1 heterocycles. The van der Waals surface area contributed by atoms with Gasteiger partial charge in [0.1, 0.15) is 12.4 Å². The van der Waals surface area contributed by atoms with Crippen molar-refractivity contribution in [3.8, 4) is 11.5 Å². The molecule has 0 spiro atoms. The fourth-order valence-corrected chi connectivity index (χ4v) is 4.21. The molecule has 4 rings (SSSR count). The summed E-state index contributed by atoms with van der Waals surface area (Å²) in [6.07, 6.45) is 1.64. The Morgan fingerprint density at radius 2 is 1.79 bits per heavy atom. The van der Waals surface area contributed by atoms with Crippen LogP contribution in [0.25, 0.3) is 6.08 Å². The molecule has 1 aliphatic rings. The second kappa shape index (κ2) is 10.1. The van der Waals surface area contributed by atoms with Gasteiger partial charge in [0.15, 0.2) is 11.5 Å². The first-order valence-electron chi connectivity index (χ1n) is 9.98. The number of amides is 2. The Bertz CT molecular complexity index is 1230. The van der Waals surface area contributed by atoms with E-state index in [9.17, 15) is 14.0 Å². The van der Waals surface area contributed by atoms with Crippen LogP contribution in [0.1, 0.15) is 16.7 Å². The Kier molecular flexibility index (Phi) is 7.01. The Balaban J connectivity index is 1.48. The van der Waals surface area contributed by atoms with Crippen molar-refractivity contribution in [3.05, 3.63) is 99.2 Å². The van der Waals surface area contributed by atoms with E-state index >= 15 is 0 Å². The van der Waals surface area contributed by atoms with E-state index in [4.69, 9.17) is 21.1 Å². The van der Waals surface area contributed by atoms with Crippen LogP contribution in [0.15, 0.2) is 71.6 Å². The van der Waals surface area contributed by atoms with Crippen molar-refractivity contribution in [2.75, 3.05) is 7.11 Å². The molecule has 0 aromatic heterocycles. The minimum Gasteiger partial charge on any atom is -0.493 e. The largest absolute Gasteiger partial charge is 0.493 e. The minimum atomic E-state index is -0.356. The van der Waals surface area contributed by atoms with E-state index < -0.39 is 0 Å². The van der Waals surface area contributed by atoms with Gasteiger partial charge in [-0.3, -0.25) is 14.5 Å². The number of hydrogen-bond acceptors (Lipinski definition) is 5. The molecule has 0 aliphatic carbocycles. The number of imide groups is 1. The van der Waals surface area contributed by atoms with E-state index in [2.05, 4.69) is 0 Å². The first kappa shape index (κ1) is 22.9. The minimum absolute atomic E-state index is 0.176. The van der Waals surface area contributed by atoms with Crippen molar-refractivity contribution >= 4 is 40.6 Å². The lowest BCUT2D eigenvalue weighted by Crippen LogP contribution is -2.27. The molecule has 5 nitrogen and oxygen atoms in total. The van der Waals surface area contributed by atoms with Crippen molar-refractivity contribution in [3.63, 3.8) is 0 Å². The lowest BCUT2D eigenvalue weighted by atomic mass is 10.1. The number of rotatable bonds is 7. The molecule has 0 bridgehead atoms. The molecule has 3 aromatic carbocycles. The molecule has 1 saturated heterocycles. The molecule has 2 amide bonds. The molecular weight excluding hydrogens is 465 g/mol. The van der Waals surface area contributed by atoms with E-state index in [1.165, 1.54) is 24.1 Å². The monoisotopic (exact) mass is 483 g/mol. The highest BCUT2D eigenvalue weighted by Crippen LogP contribution is 2.35. The summed E-state index contributed by atoms with van der Waals surface area (Å²) in [4.78, 5) is 26.7. The number of hydrogen-bond donors (Lipinski definition) is 0. The third kappa shape index (κ3) is 5.56. The van der Waals surface area contributed by atoms with Crippen LogP contribution in [-0.4, -0.2) is 23.2 Å². The van der Waals surface area contributed by atoms with Gasteiger partial charge in [-0.15, -0.1) is 0 Å². The Hall–Kier alpha value is -3.29. The summed E-state index contributed by atoms with van der Waals surface area (Å²) in [5.74, 6) is 0.254. The summed E-state index contributed by atoms with van der Waals surface area (Å²) in [6.45, 7) is 0.354. The van der Waals surface area contributed by atoms with E-state index in [0.29, 0.717) is 32.6 Å². The van der Waals surface area contributed by atoms with Gasteiger partial charge in [-0.05, 0) is 70.9 Å². The van der Waals surface area contributed by atoms with Crippen molar-refractivity contribution in [2.24, 2.45) is 0 Å². The topological polar surface area (TPSA) is 55.8 Å². The Morgan fingerprint density at radius 3 is 2.52 bits per heavy atom. The quantitative estimate of drug-likeness (QED) is 0.369. The SMILES string of the molecule is COc1cc(/C=C2\SC(=O)N(Cc3ccc(Cl)cc3)C2=O)ccc1OCc1cccc(F)c1. The number of nitrogens with zero attached hydrogens (tertiary/aromatic N) is 1. The maximum absolute atomic E-state index is 13.4. The second-order valence-corrected chi connectivity index (χ2v) is 8.65. The average Bonchev–Trinajstić information content (AvgIpc) is 3.06. The van der Waals surface area contributed by atoms with Gasteiger partial charge in [0.2, 0.25) is 0 Å². The van der Waals surface area contributed by atoms with Crippen LogP contribution in [0, 0.1) is 5.82 Å². The van der Waals surface area contributed by atoms with E-state index in [1.807, 2.05) is 0 Å². The molecule has 0 atom stereocenters. The number of thioether (sulfide) groups is 1. The smallest absolute Gasteiger partial charge is 0.293 e. The van der Waals surface area contributed by atoms with Crippen LogP contribution in [0.2, 0.25) is 5.02 Å². The lowest BCUT2D eigenvalue weighted by molar-refractivity contribution is -0.123. The highest BCUT2D eigenvalue weighted by Gasteiger charge is 2.35. The van der Waals surface area contributed by atoms with Gasteiger partial charge < -0.3 is 9.47 Å². The standard InChI is InChI=1S/C25H19ClFNO4S/c1-31-22-12-17(7-10-21(22)32-15-18-3-2-4-20(27)11-18)13-23-24(29)28(25(30)33-23)14-16-5-8-19(26)9-6-16/h2-13H,14-15H2,1H3/b23-13-.